The van der Waals surface area contributed by atoms with Crippen molar-refractivity contribution in [1.29, 1.82) is 0 Å². The van der Waals surface area contributed by atoms with Crippen molar-refractivity contribution in [2.45, 2.75) is 52.5 Å². The highest BCUT2D eigenvalue weighted by Crippen LogP contribution is 2.37. The molecule has 3 heterocycles. The standard InChI is InChI=1S/C23H28N4O2/c1-15-8-7-9-18(12-15)13-21(28)27-11-6-5-10-20(27)22-19(14-26(4)24-22)23-16(2)17(3)25-29-23/h7-9,12,14,20H,5-6,10-11,13H2,1-4H3/t20-/m0/s1. The molecule has 1 amide bonds. The van der Waals surface area contributed by atoms with Crippen LogP contribution in [-0.2, 0) is 18.3 Å². The molecule has 1 aliphatic rings. The van der Waals surface area contributed by atoms with Gasteiger partial charge in [0.25, 0.3) is 0 Å². The van der Waals surface area contributed by atoms with Crippen LogP contribution in [0, 0.1) is 20.8 Å². The van der Waals surface area contributed by atoms with Gasteiger partial charge in [0.2, 0.25) is 5.91 Å². The third-order valence-corrected chi connectivity index (χ3v) is 5.84. The number of aromatic nitrogens is 3. The van der Waals surface area contributed by atoms with Crippen molar-refractivity contribution >= 4 is 5.91 Å². The van der Waals surface area contributed by atoms with Crippen molar-refractivity contribution in [2.75, 3.05) is 6.54 Å². The quantitative estimate of drug-likeness (QED) is 0.664. The summed E-state index contributed by atoms with van der Waals surface area (Å²) in [5.74, 6) is 0.907. The number of carbonyl (C=O) groups excluding carboxylic acids is 1. The molecular weight excluding hydrogens is 364 g/mol. The molecule has 1 aliphatic heterocycles. The molecule has 0 N–H and O–H groups in total. The first-order valence-corrected chi connectivity index (χ1v) is 10.3. The van der Waals surface area contributed by atoms with E-state index in [0.29, 0.717) is 6.42 Å². The SMILES string of the molecule is Cc1cccc(CC(=O)N2CCCC[C@H]2c2nn(C)cc2-c2onc(C)c2C)c1. The number of benzene rings is 1. The first-order chi connectivity index (χ1) is 13.9. The predicted molar refractivity (Wildman–Crippen MR) is 111 cm³/mol. The van der Waals surface area contributed by atoms with Gasteiger partial charge in [-0.3, -0.25) is 9.48 Å². The van der Waals surface area contributed by atoms with Crippen LogP contribution < -0.4 is 0 Å². The van der Waals surface area contributed by atoms with Gasteiger partial charge in [-0.15, -0.1) is 0 Å². The average molecular weight is 393 g/mol. The monoisotopic (exact) mass is 392 g/mol. The molecule has 0 spiro atoms. The average Bonchev–Trinajstić information content (AvgIpc) is 3.24. The lowest BCUT2D eigenvalue weighted by Gasteiger charge is -2.35. The third-order valence-electron chi connectivity index (χ3n) is 5.84. The number of hydrogen-bond donors (Lipinski definition) is 0. The van der Waals surface area contributed by atoms with Crippen LogP contribution in [0.4, 0.5) is 0 Å². The molecule has 1 fully saturated rings. The Kier molecular flexibility index (Phi) is 5.26. The first-order valence-electron chi connectivity index (χ1n) is 10.3. The van der Waals surface area contributed by atoms with E-state index in [0.717, 1.165) is 59.6 Å². The van der Waals surface area contributed by atoms with Crippen LogP contribution in [-0.4, -0.2) is 32.3 Å². The molecule has 152 valence electrons. The molecule has 6 nitrogen and oxygen atoms in total. The fourth-order valence-corrected chi connectivity index (χ4v) is 4.21. The van der Waals surface area contributed by atoms with Gasteiger partial charge in [-0.2, -0.15) is 5.10 Å². The number of rotatable bonds is 4. The summed E-state index contributed by atoms with van der Waals surface area (Å²) in [6.45, 7) is 6.77. The van der Waals surface area contributed by atoms with E-state index in [9.17, 15) is 4.79 Å². The highest BCUT2D eigenvalue weighted by Gasteiger charge is 2.33. The Hall–Kier alpha value is -2.89. The molecule has 0 saturated carbocycles. The van der Waals surface area contributed by atoms with Crippen molar-refractivity contribution in [3.8, 4) is 11.3 Å². The van der Waals surface area contributed by atoms with E-state index < -0.39 is 0 Å². The Morgan fingerprint density at radius 2 is 2.07 bits per heavy atom. The maximum atomic E-state index is 13.2. The molecular formula is C23H28N4O2. The van der Waals surface area contributed by atoms with E-state index in [4.69, 9.17) is 9.62 Å². The number of piperidine rings is 1. The molecule has 1 saturated heterocycles. The molecule has 29 heavy (non-hydrogen) atoms. The lowest BCUT2D eigenvalue weighted by atomic mass is 9.94. The molecule has 0 radical (unpaired) electrons. The van der Waals surface area contributed by atoms with E-state index in [1.807, 2.05) is 44.1 Å². The van der Waals surface area contributed by atoms with Gasteiger partial charge in [0.1, 0.15) is 0 Å². The Labute approximate surface area is 171 Å². The molecule has 3 aromatic rings. The summed E-state index contributed by atoms with van der Waals surface area (Å²) in [4.78, 5) is 15.3. The van der Waals surface area contributed by atoms with Crippen LogP contribution in [0.25, 0.3) is 11.3 Å². The summed E-state index contributed by atoms with van der Waals surface area (Å²) in [6, 6.07) is 8.14. The molecule has 0 bridgehead atoms. The van der Waals surface area contributed by atoms with Gasteiger partial charge < -0.3 is 9.42 Å². The van der Waals surface area contributed by atoms with Crippen LogP contribution in [0.5, 0.6) is 0 Å². The number of nitrogens with zero attached hydrogens (tertiary/aromatic N) is 4. The zero-order valence-electron chi connectivity index (χ0n) is 17.6. The molecule has 1 aromatic carbocycles. The second kappa shape index (κ2) is 7.85. The summed E-state index contributed by atoms with van der Waals surface area (Å²) in [6.07, 6.45) is 5.42. The minimum Gasteiger partial charge on any atom is -0.356 e. The number of hydrogen-bond acceptors (Lipinski definition) is 4. The number of aryl methyl sites for hydroxylation is 3. The Bertz CT molecular complexity index is 1030. The lowest BCUT2D eigenvalue weighted by molar-refractivity contribution is -0.134. The molecule has 0 aliphatic carbocycles. The van der Waals surface area contributed by atoms with Crippen LogP contribution in [0.2, 0.25) is 0 Å². The van der Waals surface area contributed by atoms with E-state index >= 15 is 0 Å². The van der Waals surface area contributed by atoms with Gasteiger partial charge >= 0.3 is 0 Å². The topological polar surface area (TPSA) is 64.2 Å². The van der Waals surface area contributed by atoms with Gasteiger partial charge in [0.05, 0.1) is 29.4 Å². The van der Waals surface area contributed by atoms with Crippen LogP contribution in [0.1, 0.15) is 53.4 Å². The Balaban J connectivity index is 1.66. The smallest absolute Gasteiger partial charge is 0.227 e. The largest absolute Gasteiger partial charge is 0.356 e. The summed E-state index contributed by atoms with van der Waals surface area (Å²) < 4.78 is 7.43. The second-order valence-electron chi connectivity index (χ2n) is 8.09. The van der Waals surface area contributed by atoms with Crippen molar-refractivity contribution in [3.05, 3.63) is 58.5 Å². The summed E-state index contributed by atoms with van der Waals surface area (Å²) in [5.41, 5.74) is 5.98. The first kappa shape index (κ1) is 19.4. The zero-order chi connectivity index (χ0) is 20.5. The van der Waals surface area contributed by atoms with Crippen molar-refractivity contribution < 1.29 is 9.32 Å². The third kappa shape index (κ3) is 3.84. The van der Waals surface area contributed by atoms with E-state index in [1.165, 1.54) is 5.56 Å². The number of amides is 1. The highest BCUT2D eigenvalue weighted by molar-refractivity contribution is 5.80. The Morgan fingerprint density at radius 1 is 1.24 bits per heavy atom. The van der Waals surface area contributed by atoms with Gasteiger partial charge in [0.15, 0.2) is 5.76 Å². The lowest BCUT2D eigenvalue weighted by Crippen LogP contribution is -2.39. The predicted octanol–water partition coefficient (Wildman–Crippen LogP) is 4.30. The van der Waals surface area contributed by atoms with Gasteiger partial charge in [-0.1, -0.05) is 35.0 Å². The van der Waals surface area contributed by atoms with Crippen molar-refractivity contribution in [3.63, 3.8) is 0 Å². The number of carbonyl (C=O) groups is 1. The molecule has 1 atom stereocenters. The Morgan fingerprint density at radius 3 is 2.79 bits per heavy atom. The molecule has 4 rings (SSSR count). The zero-order valence-corrected chi connectivity index (χ0v) is 17.6. The number of likely N-dealkylation sites (tertiary alicyclic amines) is 1. The van der Waals surface area contributed by atoms with Crippen LogP contribution >= 0.6 is 0 Å². The van der Waals surface area contributed by atoms with E-state index in [1.54, 1.807) is 4.68 Å². The summed E-state index contributed by atoms with van der Waals surface area (Å²) in [5, 5.41) is 8.86. The fourth-order valence-electron chi connectivity index (χ4n) is 4.21. The van der Waals surface area contributed by atoms with Gasteiger partial charge in [0, 0.05) is 25.4 Å². The van der Waals surface area contributed by atoms with Gasteiger partial charge in [-0.25, -0.2) is 0 Å². The molecule has 0 unspecified atom stereocenters. The van der Waals surface area contributed by atoms with E-state index in [-0.39, 0.29) is 11.9 Å². The minimum atomic E-state index is -0.0398. The summed E-state index contributed by atoms with van der Waals surface area (Å²) in [7, 11) is 1.91. The highest BCUT2D eigenvalue weighted by atomic mass is 16.5. The molecule has 6 heteroatoms. The van der Waals surface area contributed by atoms with Crippen LogP contribution in [0.15, 0.2) is 35.0 Å². The second-order valence-corrected chi connectivity index (χ2v) is 8.09. The van der Waals surface area contributed by atoms with Gasteiger partial charge in [-0.05, 0) is 45.6 Å². The van der Waals surface area contributed by atoms with Crippen molar-refractivity contribution in [1.82, 2.24) is 19.8 Å². The fraction of sp³-hybridized carbons (Fsp3) is 0.435. The van der Waals surface area contributed by atoms with Crippen molar-refractivity contribution in [2.24, 2.45) is 7.05 Å². The maximum absolute atomic E-state index is 13.2. The normalized spacial score (nSPS) is 17.0. The molecule has 2 aromatic heterocycles. The van der Waals surface area contributed by atoms with Crippen LogP contribution in [0.3, 0.4) is 0 Å². The minimum absolute atomic E-state index is 0.0398. The summed E-state index contributed by atoms with van der Waals surface area (Å²) >= 11 is 0. The maximum Gasteiger partial charge on any atom is 0.227 e. The van der Waals surface area contributed by atoms with E-state index in [2.05, 4.69) is 24.2 Å².